The number of phosphoric acid groups is 2. The molecule has 0 aromatic heterocycles. The van der Waals surface area contributed by atoms with Crippen LogP contribution in [0.4, 0.5) is 4.79 Å². The number of nitrogens with one attached hydrogen (secondary N) is 4. The Labute approximate surface area is 661 Å². The fourth-order valence-corrected chi connectivity index (χ4v) is 13.9. The Morgan fingerprint density at radius 1 is 0.330 bits per heavy atom. The first kappa shape index (κ1) is 105. The fraction of sp³-hybridized carbons (Fsp3) is 0.869. The normalized spacial score (nSPS) is 13.9. The van der Waals surface area contributed by atoms with Gasteiger partial charge in [0.05, 0.1) is 77.8 Å². The van der Waals surface area contributed by atoms with Gasteiger partial charge in [0.15, 0.2) is 0 Å². The maximum absolute atomic E-state index is 13.3. The molecule has 0 aliphatic rings. The number of hydrogen-bond donors (Lipinski definition) is 6. The lowest BCUT2D eigenvalue weighted by molar-refractivity contribution is -0.151. The highest BCUT2D eigenvalue weighted by molar-refractivity contribution is 7.47. The van der Waals surface area contributed by atoms with Gasteiger partial charge in [-0.25, -0.2) is 13.9 Å². The monoisotopic (exact) mass is 1590 g/mol. The molecular formula is C84H158N4O19P2. The number of esters is 2. The van der Waals surface area contributed by atoms with Gasteiger partial charge in [0, 0.05) is 51.6 Å². The summed E-state index contributed by atoms with van der Waals surface area (Å²) in [7, 11) is -9.61. The van der Waals surface area contributed by atoms with Crippen LogP contribution in [0.1, 0.15) is 382 Å². The largest absolute Gasteiger partial charge is 0.472 e. The molecule has 0 fully saturated rings. The van der Waals surface area contributed by atoms with Gasteiger partial charge in [-0.15, -0.1) is 0 Å². The van der Waals surface area contributed by atoms with E-state index in [9.17, 15) is 52.5 Å². The van der Waals surface area contributed by atoms with Crippen molar-refractivity contribution in [2.45, 2.75) is 406 Å². The van der Waals surface area contributed by atoms with Crippen molar-refractivity contribution in [1.29, 1.82) is 0 Å². The maximum atomic E-state index is 13.3. The molecule has 6 unspecified atom stereocenters. The number of amides is 4. The number of ether oxygens (including phenoxy) is 4. The molecule has 0 saturated carbocycles. The molecular weight excluding hydrogens is 1430 g/mol. The molecule has 0 radical (unpaired) electrons. The van der Waals surface area contributed by atoms with E-state index in [0.717, 1.165) is 141 Å². The number of carbonyl (C=O) groups excluding carboxylic acids is 7. The number of phosphoric ester groups is 2. The van der Waals surface area contributed by atoms with Gasteiger partial charge < -0.3 is 50.0 Å². The molecule has 0 aliphatic carbocycles. The van der Waals surface area contributed by atoms with Crippen LogP contribution in [-0.2, 0) is 74.9 Å². The zero-order chi connectivity index (χ0) is 80.2. The lowest BCUT2D eigenvalue weighted by Crippen LogP contribution is -2.42. The van der Waals surface area contributed by atoms with Crippen LogP contribution in [0.2, 0.25) is 0 Å². The van der Waals surface area contributed by atoms with E-state index >= 15 is 0 Å². The van der Waals surface area contributed by atoms with Crippen molar-refractivity contribution >= 4 is 57.0 Å². The van der Waals surface area contributed by atoms with Gasteiger partial charge in [0.25, 0.3) is 0 Å². The Morgan fingerprint density at radius 2 is 0.624 bits per heavy atom. The SMILES string of the molecule is CCCCCC/C=C\CCCC(=O)OC(CCCCCCC)CCOCC(COP(=O)(O)OCCNC(=O)NCCOP(=O)(O)OCC(COCCC(CCCCCCC)OC(=O)CCC/C=C\CCCCCC)NC(=O)CC(=O)CCCCCCCCCCCC)NC(=O)CC(=O)CCCCCCCCCCC. The molecule has 0 aromatic carbocycles. The smallest absolute Gasteiger partial charge is 0.462 e. The second kappa shape index (κ2) is 76.7. The summed E-state index contributed by atoms with van der Waals surface area (Å²) in [5, 5.41) is 10.3. The second-order valence-corrected chi connectivity index (χ2v) is 32.5. The van der Waals surface area contributed by atoms with E-state index in [4.69, 9.17) is 37.0 Å². The minimum absolute atomic E-state index is 0.140. The second-order valence-electron chi connectivity index (χ2n) is 29.6. The van der Waals surface area contributed by atoms with Crippen molar-refractivity contribution in [2.24, 2.45) is 0 Å². The van der Waals surface area contributed by atoms with Gasteiger partial charge >= 0.3 is 33.6 Å². The quantitative estimate of drug-likeness (QED) is 0.0108. The number of rotatable bonds is 83. The zero-order valence-electron chi connectivity index (χ0n) is 69.4. The molecule has 0 aliphatic heterocycles. The third kappa shape index (κ3) is 74.0. The number of hydrogen-bond acceptors (Lipinski definition) is 17. The first-order valence-electron chi connectivity index (χ1n) is 43.5. The molecule has 0 bridgehead atoms. The molecule has 0 rings (SSSR count). The van der Waals surface area contributed by atoms with Crippen LogP contribution in [0, 0.1) is 0 Å². The summed E-state index contributed by atoms with van der Waals surface area (Å²) >= 11 is 0. The molecule has 6 atom stereocenters. The van der Waals surface area contributed by atoms with Crippen LogP contribution in [0.3, 0.4) is 0 Å². The number of urea groups is 1. The van der Waals surface area contributed by atoms with E-state index < -0.39 is 84.2 Å². The predicted molar refractivity (Wildman–Crippen MR) is 437 cm³/mol. The topological polar surface area (TPSA) is 316 Å². The molecule has 0 heterocycles. The molecule has 0 spiro atoms. The van der Waals surface area contributed by atoms with Gasteiger partial charge in [0.2, 0.25) is 11.8 Å². The summed E-state index contributed by atoms with van der Waals surface area (Å²) in [5.41, 5.74) is 0. The van der Waals surface area contributed by atoms with E-state index in [0.29, 0.717) is 64.2 Å². The Balaban J connectivity index is 5.72. The standard InChI is InChI=1S/C84H158N4O19P2/c1-7-13-19-25-29-33-37-39-45-49-55-77(90)69-81(92)88-75(71-101-65-61-79(57-51-43-24-18-12-6)107-83(94)59-53-47-41-36-32-28-22-16-10-4)73-105-109(98,99)103-67-63-86-84(95)85-62-66-102-108(96,97)104-72-74(87-80(91)68-76(89)54-48-44-38-34-30-26-20-14-8-2)70-100-64-60-78(56-50-42-23-17-11-5)106-82(93)58-52-46-40-35-31-27-21-15-9-3/h35-36,40-41,74-75,78-79H,7-34,37-39,42-73H2,1-6H3,(H,87,91)(H,88,92)(H,96,97)(H,98,99)(H2,85,86,95)/b40-35-,41-36-. The van der Waals surface area contributed by atoms with E-state index in [-0.39, 0.29) is 88.7 Å². The maximum Gasteiger partial charge on any atom is 0.472 e. The van der Waals surface area contributed by atoms with Crippen molar-refractivity contribution in [1.82, 2.24) is 21.3 Å². The zero-order valence-corrected chi connectivity index (χ0v) is 71.2. The predicted octanol–water partition coefficient (Wildman–Crippen LogP) is 20.4. The highest BCUT2D eigenvalue weighted by Gasteiger charge is 2.28. The number of carbonyl (C=O) groups is 7. The van der Waals surface area contributed by atoms with Crippen LogP contribution in [-0.4, -0.2) is 141 Å². The molecule has 0 saturated heterocycles. The lowest BCUT2D eigenvalue weighted by Gasteiger charge is -2.22. The molecule has 109 heavy (non-hydrogen) atoms. The molecule has 25 heteroatoms. The highest BCUT2D eigenvalue weighted by atomic mass is 31.2. The minimum Gasteiger partial charge on any atom is -0.462 e. The Morgan fingerprint density at radius 3 is 0.954 bits per heavy atom. The van der Waals surface area contributed by atoms with Crippen molar-refractivity contribution in [3.63, 3.8) is 0 Å². The summed E-state index contributed by atoms with van der Waals surface area (Å²) in [6.07, 6.45) is 56.1. The molecule has 0 aromatic rings. The van der Waals surface area contributed by atoms with Crippen LogP contribution in [0.15, 0.2) is 24.3 Å². The van der Waals surface area contributed by atoms with Gasteiger partial charge in [-0.3, -0.25) is 46.9 Å². The summed E-state index contributed by atoms with van der Waals surface area (Å²) in [5.74, 6) is -2.18. The van der Waals surface area contributed by atoms with Gasteiger partial charge in [0.1, 0.15) is 23.8 Å². The first-order valence-corrected chi connectivity index (χ1v) is 46.5. The first-order chi connectivity index (χ1) is 52.8. The van der Waals surface area contributed by atoms with Gasteiger partial charge in [-0.1, -0.05) is 265 Å². The van der Waals surface area contributed by atoms with E-state index in [1.807, 2.05) is 0 Å². The van der Waals surface area contributed by atoms with Crippen LogP contribution in [0.25, 0.3) is 0 Å². The highest BCUT2D eigenvalue weighted by Crippen LogP contribution is 2.44. The Hall–Kier alpha value is -3.89. The van der Waals surface area contributed by atoms with E-state index in [1.165, 1.54) is 109 Å². The molecule has 638 valence electrons. The summed E-state index contributed by atoms with van der Waals surface area (Å²) < 4.78 is 71.2. The Kier molecular flexibility index (Phi) is 74.0. The van der Waals surface area contributed by atoms with Crippen molar-refractivity contribution in [2.75, 3.05) is 65.9 Å². The molecule has 6 N–H and O–H groups in total. The van der Waals surface area contributed by atoms with Crippen LogP contribution < -0.4 is 21.3 Å². The van der Waals surface area contributed by atoms with E-state index in [1.54, 1.807) is 0 Å². The third-order valence-corrected chi connectivity index (χ3v) is 20.9. The average molecular weight is 1590 g/mol. The van der Waals surface area contributed by atoms with Crippen LogP contribution >= 0.6 is 15.6 Å². The fourth-order valence-electron chi connectivity index (χ4n) is 12.4. The van der Waals surface area contributed by atoms with Crippen molar-refractivity contribution < 1.29 is 89.5 Å². The van der Waals surface area contributed by atoms with Gasteiger partial charge in [-0.2, -0.15) is 0 Å². The number of allylic oxidation sites excluding steroid dienone is 4. The minimum atomic E-state index is -4.81. The van der Waals surface area contributed by atoms with E-state index in [2.05, 4.69) is 87.1 Å². The number of Topliss-reactive ketones (excluding diaryl/α,β-unsaturated/α-hetero) is 2. The summed E-state index contributed by atoms with van der Waals surface area (Å²) in [6.45, 7) is 10.4. The summed E-state index contributed by atoms with van der Waals surface area (Å²) in [4.78, 5) is 113. The average Bonchev–Trinajstić information content (AvgIpc) is 0.913. The van der Waals surface area contributed by atoms with Gasteiger partial charge in [-0.05, 0) is 89.9 Å². The van der Waals surface area contributed by atoms with Crippen LogP contribution in [0.5, 0.6) is 0 Å². The Bertz CT molecular complexity index is 2380. The lowest BCUT2D eigenvalue weighted by atomic mass is 10.0. The van der Waals surface area contributed by atoms with Crippen molar-refractivity contribution in [3.8, 4) is 0 Å². The molecule has 4 amide bonds. The number of unbranched alkanes of at least 4 members (excludes halogenated alkanes) is 35. The van der Waals surface area contributed by atoms with Crippen molar-refractivity contribution in [3.05, 3.63) is 24.3 Å². The number of ketones is 2. The third-order valence-electron chi connectivity index (χ3n) is 18.9. The summed E-state index contributed by atoms with van der Waals surface area (Å²) in [6, 6.07) is -2.75. The molecule has 23 nitrogen and oxygen atoms in total.